The highest BCUT2D eigenvalue weighted by atomic mass is 79.9. The van der Waals surface area contributed by atoms with E-state index in [1.54, 1.807) is 54.6 Å². The number of benzene rings is 4. The summed E-state index contributed by atoms with van der Waals surface area (Å²) in [5, 5.41) is 13.1. The van der Waals surface area contributed by atoms with Crippen molar-refractivity contribution in [3.63, 3.8) is 0 Å². The van der Waals surface area contributed by atoms with Crippen LogP contribution >= 0.6 is 39.1 Å². The van der Waals surface area contributed by atoms with Crippen molar-refractivity contribution in [3.8, 4) is 5.75 Å². The monoisotopic (exact) mass is 773 g/mol. The Morgan fingerprint density at radius 1 is 0.820 bits per heavy atom. The molecule has 252 valence electrons. The molecule has 4 aromatic carbocycles. The van der Waals surface area contributed by atoms with Crippen LogP contribution in [-0.4, -0.2) is 33.7 Å². The minimum absolute atomic E-state index is 0.0623. The molecule has 4 aliphatic rings. The van der Waals surface area contributed by atoms with Gasteiger partial charge in [0.05, 0.1) is 34.5 Å². The highest BCUT2D eigenvalue weighted by Crippen LogP contribution is 2.65. The Labute approximate surface area is 304 Å². The summed E-state index contributed by atoms with van der Waals surface area (Å²) in [6, 6.07) is 23.4. The van der Waals surface area contributed by atoms with Crippen LogP contribution in [0.15, 0.2) is 107 Å². The number of nitrogens with zero attached hydrogens (tertiary/aromatic N) is 2. The molecule has 0 aromatic heterocycles. The molecule has 3 fully saturated rings. The van der Waals surface area contributed by atoms with Crippen molar-refractivity contribution in [1.29, 1.82) is 0 Å². The summed E-state index contributed by atoms with van der Waals surface area (Å²) in [6.07, 6.45) is 2.18. The molecule has 6 atom stereocenters. The van der Waals surface area contributed by atoms with Crippen LogP contribution < -0.4 is 10.3 Å². The van der Waals surface area contributed by atoms with E-state index < -0.39 is 52.6 Å². The summed E-state index contributed by atoms with van der Waals surface area (Å²) in [7, 11) is 0. The fourth-order valence-corrected chi connectivity index (χ4v) is 9.17. The number of hydrazine groups is 1. The van der Waals surface area contributed by atoms with E-state index in [2.05, 4.69) is 21.4 Å². The first kappa shape index (κ1) is 32.7. The number of anilines is 2. The van der Waals surface area contributed by atoms with Crippen LogP contribution in [-0.2, 0) is 24.6 Å². The lowest BCUT2D eigenvalue weighted by atomic mass is 9.49. The van der Waals surface area contributed by atoms with Crippen LogP contribution in [0.3, 0.4) is 0 Å². The van der Waals surface area contributed by atoms with E-state index in [4.69, 9.17) is 23.2 Å². The second-order valence-electron chi connectivity index (χ2n) is 13.1. The number of phenols is 1. The fraction of sp³-hybridized carbons (Fsp3) is 0.211. The van der Waals surface area contributed by atoms with Crippen LogP contribution in [0.2, 0.25) is 10.0 Å². The number of fused-ring (bicyclic) bond motifs is 4. The molecule has 2 heterocycles. The fourth-order valence-electron chi connectivity index (χ4n) is 8.60. The van der Waals surface area contributed by atoms with Crippen molar-refractivity contribution in [3.05, 3.63) is 134 Å². The first-order chi connectivity index (χ1) is 24.0. The number of hydrogen-bond acceptors (Lipinski definition) is 6. The Morgan fingerprint density at radius 3 is 2.20 bits per heavy atom. The van der Waals surface area contributed by atoms with Crippen molar-refractivity contribution in [2.75, 3.05) is 10.3 Å². The topological polar surface area (TPSA) is 107 Å². The Balaban J connectivity index is 1.33. The van der Waals surface area contributed by atoms with E-state index in [1.807, 2.05) is 6.08 Å². The van der Waals surface area contributed by atoms with Crippen molar-refractivity contribution < 1.29 is 28.7 Å². The van der Waals surface area contributed by atoms with E-state index in [1.165, 1.54) is 41.3 Å². The summed E-state index contributed by atoms with van der Waals surface area (Å²) in [4.78, 5) is 59.4. The van der Waals surface area contributed by atoms with Gasteiger partial charge in [-0.25, -0.2) is 4.39 Å². The summed E-state index contributed by atoms with van der Waals surface area (Å²) in [5.74, 6) is -6.70. The third kappa shape index (κ3) is 4.83. The lowest BCUT2D eigenvalue weighted by Gasteiger charge is -2.50. The van der Waals surface area contributed by atoms with E-state index in [0.29, 0.717) is 38.1 Å². The Kier molecular flexibility index (Phi) is 7.89. The number of halogens is 4. The number of allylic oxidation sites excluding steroid dienone is 2. The number of aromatic hydroxyl groups is 1. The van der Waals surface area contributed by atoms with Crippen LogP contribution in [0, 0.1) is 29.5 Å². The second-order valence-corrected chi connectivity index (χ2v) is 14.9. The van der Waals surface area contributed by atoms with Gasteiger partial charge in [0.15, 0.2) is 0 Å². The number of hydrogen-bond donors (Lipinski definition) is 2. The van der Waals surface area contributed by atoms with Crippen molar-refractivity contribution in [2.45, 2.75) is 24.2 Å². The van der Waals surface area contributed by atoms with E-state index in [9.17, 15) is 23.9 Å². The highest BCUT2D eigenvalue weighted by Gasteiger charge is 2.70. The predicted molar refractivity (Wildman–Crippen MR) is 189 cm³/mol. The molecule has 2 aliphatic heterocycles. The van der Waals surface area contributed by atoms with E-state index >= 15 is 4.79 Å². The summed E-state index contributed by atoms with van der Waals surface area (Å²) in [6.45, 7) is 0. The van der Waals surface area contributed by atoms with Crippen LogP contribution in [0.4, 0.5) is 15.8 Å². The number of carbonyl (C=O) groups excluding carboxylic acids is 4. The highest BCUT2D eigenvalue weighted by molar-refractivity contribution is 9.10. The van der Waals surface area contributed by atoms with E-state index in [-0.39, 0.29) is 30.4 Å². The van der Waals surface area contributed by atoms with E-state index in [0.717, 1.165) is 9.48 Å². The molecule has 8 nitrogen and oxygen atoms in total. The van der Waals surface area contributed by atoms with Gasteiger partial charge in [0, 0.05) is 26.0 Å². The maximum absolute atomic E-state index is 15.2. The standard InChI is InChI=1S/C38H27BrCl2FN3O5/c39-20-3-12-25(13-4-20)44-34(47)27-15-14-26-28(32(27)36(44)49)18-30-35(48)45(43-24-10-8-23(42)9-11-24)37(50)38(30,19-1-5-21(40)6-2-19)33(26)29-17-22(41)7-16-31(29)46/h1-14,16-17,27-28,30,32-33,43,46H,15,18H2. The van der Waals surface area contributed by atoms with Gasteiger partial charge in [-0.1, -0.05) is 62.9 Å². The largest absolute Gasteiger partial charge is 0.508 e. The van der Waals surface area contributed by atoms with Crippen LogP contribution in [0.5, 0.6) is 5.75 Å². The van der Waals surface area contributed by atoms with Gasteiger partial charge in [0.25, 0.3) is 11.8 Å². The van der Waals surface area contributed by atoms with Crippen molar-refractivity contribution >= 4 is 74.1 Å². The molecule has 4 amide bonds. The lowest BCUT2D eigenvalue weighted by Crippen LogP contribution is -2.53. The zero-order chi connectivity index (χ0) is 35.1. The molecule has 1 saturated carbocycles. The summed E-state index contributed by atoms with van der Waals surface area (Å²) in [5.41, 5.74) is 3.46. The summed E-state index contributed by atoms with van der Waals surface area (Å²) < 4.78 is 14.6. The SMILES string of the molecule is O=C1C2CC3C(=CCC4C(=O)N(c5ccc(Br)cc5)C(=O)C43)C(c3cc(Cl)ccc3O)C2(c2ccc(Cl)cc2)C(=O)N1Nc1ccc(F)cc1. The molecule has 0 spiro atoms. The average Bonchev–Trinajstić information content (AvgIpc) is 3.48. The average molecular weight is 775 g/mol. The lowest BCUT2D eigenvalue weighted by molar-refractivity contribution is -0.138. The van der Waals surface area contributed by atoms with Gasteiger partial charge in [0.1, 0.15) is 11.6 Å². The number of imide groups is 2. The Hall–Kier alpha value is -4.51. The van der Waals surface area contributed by atoms with Crippen LogP contribution in [0.1, 0.15) is 29.9 Å². The first-order valence-corrected chi connectivity index (χ1v) is 17.5. The molecule has 50 heavy (non-hydrogen) atoms. The van der Waals surface area contributed by atoms with Crippen molar-refractivity contribution in [1.82, 2.24) is 5.01 Å². The van der Waals surface area contributed by atoms with Gasteiger partial charge < -0.3 is 5.11 Å². The molecule has 4 aromatic rings. The van der Waals surface area contributed by atoms with Crippen molar-refractivity contribution in [2.24, 2.45) is 23.7 Å². The number of amides is 4. The molecule has 2 aliphatic carbocycles. The Morgan fingerprint density at radius 2 is 1.50 bits per heavy atom. The van der Waals surface area contributed by atoms with Gasteiger partial charge in [-0.3, -0.25) is 29.5 Å². The van der Waals surface area contributed by atoms with Crippen LogP contribution in [0.25, 0.3) is 0 Å². The number of rotatable bonds is 5. The smallest absolute Gasteiger partial charge is 0.260 e. The summed E-state index contributed by atoms with van der Waals surface area (Å²) >= 11 is 16.3. The number of phenolic OH excluding ortho intramolecular Hbond substituents is 1. The van der Waals surface area contributed by atoms with Gasteiger partial charge in [0.2, 0.25) is 11.8 Å². The Bertz CT molecular complexity index is 2130. The molecule has 8 rings (SSSR count). The third-order valence-corrected chi connectivity index (χ3v) is 11.7. The zero-order valence-corrected chi connectivity index (χ0v) is 29.1. The second kappa shape index (κ2) is 12.1. The number of nitrogens with one attached hydrogen (secondary N) is 1. The molecule has 0 radical (unpaired) electrons. The first-order valence-electron chi connectivity index (χ1n) is 16.0. The molecule has 2 saturated heterocycles. The molecular weight excluding hydrogens is 748 g/mol. The molecule has 2 N–H and O–H groups in total. The minimum Gasteiger partial charge on any atom is -0.508 e. The third-order valence-electron chi connectivity index (χ3n) is 10.6. The van der Waals surface area contributed by atoms with Gasteiger partial charge in [-0.15, -0.1) is 0 Å². The van der Waals surface area contributed by atoms with Gasteiger partial charge >= 0.3 is 0 Å². The normalized spacial score (nSPS) is 27.2. The molecule has 0 bridgehead atoms. The molecule has 6 unspecified atom stereocenters. The van der Waals surface area contributed by atoms with Gasteiger partial charge in [-0.05, 0) is 103 Å². The maximum atomic E-state index is 15.2. The maximum Gasteiger partial charge on any atom is 0.260 e. The van der Waals surface area contributed by atoms with Gasteiger partial charge in [-0.2, -0.15) is 5.01 Å². The zero-order valence-electron chi connectivity index (χ0n) is 26.0. The quantitative estimate of drug-likeness (QED) is 0.159. The molecule has 12 heteroatoms. The minimum atomic E-state index is -1.64. The number of carbonyl (C=O) groups is 4. The molecular formula is C38H27BrCl2FN3O5. The predicted octanol–water partition coefficient (Wildman–Crippen LogP) is 7.79.